The lowest BCUT2D eigenvalue weighted by atomic mass is 10.1. The van der Waals surface area contributed by atoms with Crippen molar-refractivity contribution in [2.75, 3.05) is 31.7 Å². The third-order valence-electron chi connectivity index (χ3n) is 3.49. The Hall–Kier alpha value is -3.27. The van der Waals surface area contributed by atoms with Crippen LogP contribution in [-0.4, -0.2) is 44.3 Å². The molecular formula is C18H17NO8S. The van der Waals surface area contributed by atoms with Crippen LogP contribution in [-0.2, 0) is 28.5 Å². The van der Waals surface area contributed by atoms with Gasteiger partial charge in [0.15, 0.2) is 6.61 Å². The fourth-order valence-corrected chi connectivity index (χ4v) is 3.26. The Labute approximate surface area is 163 Å². The molecule has 0 atom stereocenters. The maximum absolute atomic E-state index is 12.4. The molecule has 28 heavy (non-hydrogen) atoms. The average molecular weight is 407 g/mol. The first-order chi connectivity index (χ1) is 13.6. The van der Waals surface area contributed by atoms with Crippen molar-refractivity contribution in [2.24, 2.45) is 0 Å². The van der Waals surface area contributed by atoms with Gasteiger partial charge in [0.2, 0.25) is 5.76 Å². The van der Waals surface area contributed by atoms with Crippen LogP contribution >= 0.6 is 11.3 Å². The Kier molecular flexibility index (Phi) is 6.33. The van der Waals surface area contributed by atoms with E-state index in [1.807, 2.05) is 0 Å². The Balaban J connectivity index is 1.69. The second-order valence-electron chi connectivity index (χ2n) is 5.38. The van der Waals surface area contributed by atoms with Crippen LogP contribution in [0.5, 0.6) is 0 Å². The quantitative estimate of drug-likeness (QED) is 0.697. The number of carbonyl (C=O) groups is 3. The molecule has 3 rings (SSSR count). The zero-order valence-electron chi connectivity index (χ0n) is 14.9. The van der Waals surface area contributed by atoms with E-state index in [-0.39, 0.29) is 29.5 Å². The Morgan fingerprint density at radius 3 is 2.75 bits per heavy atom. The summed E-state index contributed by atoms with van der Waals surface area (Å²) in [4.78, 5) is 36.4. The first kappa shape index (κ1) is 19.5. The first-order valence-electron chi connectivity index (χ1n) is 8.34. The van der Waals surface area contributed by atoms with Crippen molar-refractivity contribution < 1.29 is 37.7 Å². The number of hydrogen-bond acceptors (Lipinski definition) is 9. The molecule has 0 bridgehead atoms. The van der Waals surface area contributed by atoms with Crippen molar-refractivity contribution in [1.82, 2.24) is 0 Å². The summed E-state index contributed by atoms with van der Waals surface area (Å²) in [6.45, 7) is 1.86. The van der Waals surface area contributed by atoms with E-state index in [0.717, 1.165) is 17.6 Å². The predicted molar refractivity (Wildman–Crippen MR) is 97.6 cm³/mol. The van der Waals surface area contributed by atoms with Gasteiger partial charge >= 0.3 is 11.9 Å². The number of ether oxygens (including phenoxy) is 4. The minimum Gasteiger partial charge on any atom is -0.493 e. The molecule has 0 spiro atoms. The smallest absolute Gasteiger partial charge is 0.377 e. The van der Waals surface area contributed by atoms with Gasteiger partial charge in [-0.15, -0.1) is 11.3 Å². The van der Waals surface area contributed by atoms with E-state index in [4.69, 9.17) is 23.4 Å². The first-order valence-corrected chi connectivity index (χ1v) is 9.22. The van der Waals surface area contributed by atoms with Crippen LogP contribution in [0.4, 0.5) is 5.00 Å². The van der Waals surface area contributed by atoms with Gasteiger partial charge in [0.05, 0.1) is 12.9 Å². The lowest BCUT2D eigenvalue weighted by molar-refractivity contribution is -0.148. The molecule has 0 unspecified atom stereocenters. The van der Waals surface area contributed by atoms with Crippen molar-refractivity contribution >= 4 is 34.2 Å². The molecule has 0 aromatic carbocycles. The molecule has 0 radical (unpaired) electrons. The fourth-order valence-electron chi connectivity index (χ4n) is 2.31. The number of furan rings is 1. The monoisotopic (exact) mass is 407 g/mol. The summed E-state index contributed by atoms with van der Waals surface area (Å²) in [5.41, 5.74) is 0.673. The highest BCUT2D eigenvalue weighted by molar-refractivity contribution is 7.15. The third kappa shape index (κ3) is 4.52. The van der Waals surface area contributed by atoms with E-state index >= 15 is 0 Å². The van der Waals surface area contributed by atoms with E-state index in [1.54, 1.807) is 24.4 Å². The Morgan fingerprint density at radius 1 is 1.21 bits per heavy atom. The summed E-state index contributed by atoms with van der Waals surface area (Å²) in [6, 6.07) is 3.38. The van der Waals surface area contributed by atoms with E-state index in [1.165, 1.54) is 6.26 Å². The molecule has 2 aromatic rings. The van der Waals surface area contributed by atoms with Gasteiger partial charge in [0, 0.05) is 10.9 Å². The highest BCUT2D eigenvalue weighted by Gasteiger charge is 2.25. The van der Waals surface area contributed by atoms with Gasteiger partial charge in [-0.1, -0.05) is 0 Å². The van der Waals surface area contributed by atoms with Gasteiger partial charge in [-0.3, -0.25) is 4.79 Å². The van der Waals surface area contributed by atoms with E-state index in [9.17, 15) is 14.4 Å². The number of rotatable bonds is 7. The molecule has 0 saturated carbocycles. The molecule has 9 nitrogen and oxygen atoms in total. The number of esters is 2. The minimum absolute atomic E-state index is 0.109. The average Bonchev–Trinajstić information content (AvgIpc) is 3.36. The topological polar surface area (TPSA) is 113 Å². The zero-order valence-corrected chi connectivity index (χ0v) is 15.7. The lowest BCUT2D eigenvalue weighted by Crippen LogP contribution is -2.24. The number of anilines is 1. The number of amides is 1. The SMILES string of the molecule is CCOC(=O)c1c(-c2ccco2)csc1NC(=O)COC(=O)C1=COCCO1. The van der Waals surface area contributed by atoms with Crippen molar-refractivity contribution in [2.45, 2.75) is 6.92 Å². The molecule has 0 aliphatic carbocycles. The summed E-state index contributed by atoms with van der Waals surface area (Å²) in [5.74, 6) is -1.68. The Morgan fingerprint density at radius 2 is 2.07 bits per heavy atom. The highest BCUT2D eigenvalue weighted by atomic mass is 32.1. The zero-order chi connectivity index (χ0) is 19.9. The van der Waals surface area contributed by atoms with E-state index < -0.39 is 24.5 Å². The van der Waals surface area contributed by atoms with E-state index in [2.05, 4.69) is 5.32 Å². The van der Waals surface area contributed by atoms with Crippen LogP contribution in [0.15, 0.2) is 40.2 Å². The summed E-state index contributed by atoms with van der Waals surface area (Å²) >= 11 is 1.13. The minimum atomic E-state index is -0.817. The molecular weight excluding hydrogens is 390 g/mol. The summed E-state index contributed by atoms with van der Waals surface area (Å²) in [7, 11) is 0. The van der Waals surface area contributed by atoms with Gasteiger partial charge < -0.3 is 28.7 Å². The van der Waals surface area contributed by atoms with Gasteiger partial charge in [0.1, 0.15) is 35.8 Å². The Bertz CT molecular complexity index is 884. The van der Waals surface area contributed by atoms with Gasteiger partial charge in [-0.25, -0.2) is 9.59 Å². The van der Waals surface area contributed by atoms with Crippen LogP contribution in [0, 0.1) is 0 Å². The van der Waals surface area contributed by atoms with Crippen molar-refractivity contribution in [3.05, 3.63) is 41.4 Å². The summed E-state index contributed by atoms with van der Waals surface area (Å²) in [6.07, 6.45) is 2.61. The normalized spacial score (nSPS) is 13.0. The van der Waals surface area contributed by atoms with Gasteiger partial charge in [0.25, 0.3) is 5.91 Å². The summed E-state index contributed by atoms with van der Waals surface area (Å²) < 4.78 is 25.3. The molecule has 3 heterocycles. The highest BCUT2D eigenvalue weighted by Crippen LogP contribution is 2.36. The van der Waals surface area contributed by atoms with Crippen molar-refractivity contribution in [1.29, 1.82) is 0 Å². The number of hydrogen-bond donors (Lipinski definition) is 1. The predicted octanol–water partition coefficient (Wildman–Crippen LogP) is 2.55. The number of nitrogens with one attached hydrogen (secondary N) is 1. The lowest BCUT2D eigenvalue weighted by Gasteiger charge is -2.14. The maximum atomic E-state index is 12.4. The molecule has 1 aliphatic rings. The van der Waals surface area contributed by atoms with E-state index in [0.29, 0.717) is 17.9 Å². The number of thiophene rings is 1. The van der Waals surface area contributed by atoms with Gasteiger partial charge in [-0.05, 0) is 19.1 Å². The van der Waals surface area contributed by atoms with Gasteiger partial charge in [-0.2, -0.15) is 0 Å². The molecule has 2 aromatic heterocycles. The summed E-state index contributed by atoms with van der Waals surface area (Å²) in [5, 5.41) is 4.50. The number of carbonyl (C=O) groups excluding carboxylic acids is 3. The molecule has 148 valence electrons. The molecule has 0 fully saturated rings. The maximum Gasteiger partial charge on any atom is 0.377 e. The van der Waals surface area contributed by atoms with Crippen molar-refractivity contribution in [3.63, 3.8) is 0 Å². The van der Waals surface area contributed by atoms with Crippen LogP contribution < -0.4 is 5.32 Å². The molecule has 1 amide bonds. The fraction of sp³-hybridized carbons (Fsp3) is 0.278. The standard InChI is InChI=1S/C18H17NO8S/c1-2-24-18(22)15-11(12-4-3-5-25-12)10-28-16(15)19-14(20)9-27-17(21)13-8-23-6-7-26-13/h3-5,8,10H,2,6-7,9H2,1H3,(H,19,20). The van der Waals surface area contributed by atoms with Crippen LogP contribution in [0.3, 0.4) is 0 Å². The van der Waals surface area contributed by atoms with Crippen LogP contribution in [0.25, 0.3) is 11.3 Å². The second-order valence-corrected chi connectivity index (χ2v) is 6.26. The molecule has 1 aliphatic heterocycles. The molecule has 0 saturated heterocycles. The van der Waals surface area contributed by atoms with Crippen LogP contribution in [0.2, 0.25) is 0 Å². The molecule has 10 heteroatoms. The van der Waals surface area contributed by atoms with Crippen LogP contribution in [0.1, 0.15) is 17.3 Å². The molecule has 1 N–H and O–H groups in total. The second kappa shape index (κ2) is 9.09. The third-order valence-corrected chi connectivity index (χ3v) is 4.39. The largest absolute Gasteiger partial charge is 0.493 e. The van der Waals surface area contributed by atoms with Crippen molar-refractivity contribution in [3.8, 4) is 11.3 Å².